The van der Waals surface area contributed by atoms with Gasteiger partial charge in [0.2, 0.25) is 11.8 Å². The maximum absolute atomic E-state index is 11.2. The summed E-state index contributed by atoms with van der Waals surface area (Å²) in [4.78, 5) is 23.0. The van der Waals surface area contributed by atoms with Gasteiger partial charge in [0.05, 0.1) is 11.0 Å². The van der Waals surface area contributed by atoms with Gasteiger partial charge in [0, 0.05) is 17.5 Å². The Hall–Kier alpha value is -2.22. The lowest BCUT2D eigenvalue weighted by Crippen LogP contribution is -2.24. The minimum atomic E-state index is -0.421. The highest BCUT2D eigenvalue weighted by Crippen LogP contribution is 2.38. The second kappa shape index (κ2) is 5.77. The summed E-state index contributed by atoms with van der Waals surface area (Å²) in [6, 6.07) is 4.75. The van der Waals surface area contributed by atoms with Gasteiger partial charge < -0.3 is 10.2 Å². The van der Waals surface area contributed by atoms with Gasteiger partial charge in [0.15, 0.2) is 0 Å². The van der Waals surface area contributed by atoms with Crippen LogP contribution in [-0.2, 0) is 0 Å². The zero-order valence-corrected chi connectivity index (χ0v) is 13.3. The summed E-state index contributed by atoms with van der Waals surface area (Å²) < 4.78 is 0. The first-order valence-electron chi connectivity index (χ1n) is 7.80. The fourth-order valence-electron chi connectivity index (χ4n) is 2.95. The van der Waals surface area contributed by atoms with E-state index in [0.29, 0.717) is 17.8 Å². The molecule has 0 aromatic carbocycles. The largest absolute Gasteiger partial charge is 0.361 e. The molecule has 1 aliphatic heterocycles. The van der Waals surface area contributed by atoms with Crippen LogP contribution in [0.1, 0.15) is 36.6 Å². The second-order valence-corrected chi connectivity index (χ2v) is 6.93. The fraction of sp³-hybridized carbons (Fsp3) is 0.467. The van der Waals surface area contributed by atoms with Crippen molar-refractivity contribution in [2.24, 2.45) is 0 Å². The molecule has 120 valence electrons. The van der Waals surface area contributed by atoms with Crippen molar-refractivity contribution in [2.75, 3.05) is 16.8 Å². The van der Waals surface area contributed by atoms with Gasteiger partial charge in [0.1, 0.15) is 6.20 Å². The first kappa shape index (κ1) is 14.4. The summed E-state index contributed by atoms with van der Waals surface area (Å²) in [7, 11) is 0. The highest BCUT2D eigenvalue weighted by atomic mass is 32.1. The molecule has 4 rings (SSSR count). The van der Waals surface area contributed by atoms with Crippen LogP contribution in [0, 0.1) is 10.1 Å². The molecule has 8 heteroatoms. The van der Waals surface area contributed by atoms with Crippen LogP contribution >= 0.6 is 11.3 Å². The number of rotatable bonds is 5. The third-order valence-corrected chi connectivity index (χ3v) is 5.23. The number of hydrogen-bond donors (Lipinski definition) is 1. The highest BCUT2D eigenvalue weighted by Gasteiger charge is 2.31. The van der Waals surface area contributed by atoms with Crippen LogP contribution in [0.25, 0.3) is 0 Å². The Balaban J connectivity index is 1.66. The van der Waals surface area contributed by atoms with E-state index in [2.05, 4.69) is 31.6 Å². The van der Waals surface area contributed by atoms with Crippen LogP contribution in [0.3, 0.4) is 0 Å². The topological polar surface area (TPSA) is 84.2 Å². The number of thiophene rings is 1. The monoisotopic (exact) mass is 331 g/mol. The predicted octanol–water partition coefficient (Wildman–Crippen LogP) is 3.36. The highest BCUT2D eigenvalue weighted by molar-refractivity contribution is 7.10. The van der Waals surface area contributed by atoms with Gasteiger partial charge >= 0.3 is 5.69 Å². The molecule has 7 nitrogen and oxygen atoms in total. The molecule has 1 unspecified atom stereocenters. The van der Waals surface area contributed by atoms with Crippen molar-refractivity contribution in [2.45, 2.75) is 37.8 Å². The van der Waals surface area contributed by atoms with Gasteiger partial charge in [-0.25, -0.2) is 4.98 Å². The molecule has 1 atom stereocenters. The molecule has 2 aromatic rings. The van der Waals surface area contributed by atoms with Crippen LogP contribution in [0.5, 0.6) is 0 Å². The minimum Gasteiger partial charge on any atom is -0.361 e. The maximum atomic E-state index is 11.2. The van der Waals surface area contributed by atoms with E-state index in [-0.39, 0.29) is 11.7 Å². The Labute approximate surface area is 137 Å². The SMILES string of the molecule is O=[N+]([O-])c1cnc(N2CCCC2c2cccs2)nc1NC1CC1. The fourth-order valence-corrected chi connectivity index (χ4v) is 3.82. The number of aromatic nitrogens is 2. The summed E-state index contributed by atoms with van der Waals surface area (Å²) in [6.07, 6.45) is 5.55. The molecule has 0 amide bonds. The van der Waals surface area contributed by atoms with Crippen molar-refractivity contribution in [3.05, 3.63) is 38.7 Å². The number of hydrogen-bond acceptors (Lipinski definition) is 7. The third kappa shape index (κ3) is 2.86. The van der Waals surface area contributed by atoms with Crippen LogP contribution in [-0.4, -0.2) is 27.5 Å². The Morgan fingerprint density at radius 2 is 2.26 bits per heavy atom. The smallest absolute Gasteiger partial charge is 0.329 e. The van der Waals surface area contributed by atoms with Crippen molar-refractivity contribution in [3.63, 3.8) is 0 Å². The average Bonchev–Trinajstić information content (AvgIpc) is 3.05. The van der Waals surface area contributed by atoms with Crippen molar-refractivity contribution < 1.29 is 4.92 Å². The van der Waals surface area contributed by atoms with E-state index in [1.807, 2.05) is 6.07 Å². The molecule has 3 heterocycles. The lowest BCUT2D eigenvalue weighted by molar-refractivity contribution is -0.384. The van der Waals surface area contributed by atoms with E-state index in [0.717, 1.165) is 32.2 Å². The van der Waals surface area contributed by atoms with E-state index in [1.54, 1.807) is 11.3 Å². The van der Waals surface area contributed by atoms with E-state index in [9.17, 15) is 10.1 Å². The number of nitro groups is 1. The van der Waals surface area contributed by atoms with Crippen LogP contribution in [0.2, 0.25) is 0 Å². The molecule has 2 aromatic heterocycles. The molecule has 1 saturated heterocycles. The zero-order chi connectivity index (χ0) is 15.8. The van der Waals surface area contributed by atoms with Gasteiger partial charge in [-0.2, -0.15) is 4.98 Å². The predicted molar refractivity (Wildman–Crippen MR) is 89.0 cm³/mol. The Morgan fingerprint density at radius 1 is 1.39 bits per heavy atom. The molecule has 0 radical (unpaired) electrons. The lowest BCUT2D eigenvalue weighted by Gasteiger charge is -2.24. The van der Waals surface area contributed by atoms with Crippen molar-refractivity contribution in [1.82, 2.24) is 9.97 Å². The molecule has 2 aliphatic rings. The van der Waals surface area contributed by atoms with Crippen molar-refractivity contribution in [1.29, 1.82) is 0 Å². The van der Waals surface area contributed by atoms with Crippen molar-refractivity contribution in [3.8, 4) is 0 Å². The molecule has 2 fully saturated rings. The maximum Gasteiger partial charge on any atom is 0.329 e. The standard InChI is InChI=1S/C15H17N5O2S/c21-20(22)12-9-16-15(18-14(12)17-10-5-6-10)19-7-1-3-11(19)13-4-2-8-23-13/h2,4,8-11H,1,3,5-7H2,(H,16,17,18). The summed E-state index contributed by atoms with van der Waals surface area (Å²) >= 11 is 1.73. The molecular formula is C15H17N5O2S. The van der Waals surface area contributed by atoms with E-state index < -0.39 is 4.92 Å². The van der Waals surface area contributed by atoms with Crippen LogP contribution < -0.4 is 10.2 Å². The second-order valence-electron chi connectivity index (χ2n) is 5.95. The van der Waals surface area contributed by atoms with Gasteiger partial charge in [0.25, 0.3) is 0 Å². The van der Waals surface area contributed by atoms with Gasteiger partial charge in [-0.1, -0.05) is 6.07 Å². The normalized spacial score (nSPS) is 20.7. The molecule has 1 saturated carbocycles. The Bertz CT molecular complexity index is 717. The summed E-state index contributed by atoms with van der Waals surface area (Å²) in [6.45, 7) is 0.878. The van der Waals surface area contributed by atoms with E-state index in [4.69, 9.17) is 0 Å². The third-order valence-electron chi connectivity index (χ3n) is 4.25. The van der Waals surface area contributed by atoms with Crippen molar-refractivity contribution >= 4 is 28.8 Å². The number of anilines is 2. The minimum absolute atomic E-state index is 0.0486. The first-order chi connectivity index (χ1) is 11.2. The summed E-state index contributed by atoms with van der Waals surface area (Å²) in [5.41, 5.74) is -0.0486. The average molecular weight is 331 g/mol. The van der Waals surface area contributed by atoms with Gasteiger partial charge in [-0.05, 0) is 37.1 Å². The first-order valence-corrected chi connectivity index (χ1v) is 8.68. The summed E-state index contributed by atoms with van der Waals surface area (Å²) in [5, 5.41) is 16.4. The van der Waals surface area contributed by atoms with E-state index >= 15 is 0 Å². The van der Waals surface area contributed by atoms with E-state index in [1.165, 1.54) is 11.1 Å². The van der Waals surface area contributed by atoms with Gasteiger partial charge in [-0.3, -0.25) is 10.1 Å². The molecule has 23 heavy (non-hydrogen) atoms. The molecule has 1 N–H and O–H groups in total. The van der Waals surface area contributed by atoms with Crippen LogP contribution in [0.4, 0.5) is 17.5 Å². The number of nitrogens with zero attached hydrogens (tertiary/aromatic N) is 4. The summed E-state index contributed by atoms with van der Waals surface area (Å²) in [5.74, 6) is 0.925. The molecule has 1 aliphatic carbocycles. The van der Waals surface area contributed by atoms with Gasteiger partial charge in [-0.15, -0.1) is 11.3 Å². The zero-order valence-electron chi connectivity index (χ0n) is 12.5. The van der Waals surface area contributed by atoms with Crippen LogP contribution in [0.15, 0.2) is 23.7 Å². The Kier molecular flexibility index (Phi) is 3.60. The molecule has 0 spiro atoms. The molecular weight excluding hydrogens is 314 g/mol. The number of nitrogens with one attached hydrogen (secondary N) is 1. The molecule has 0 bridgehead atoms. The lowest BCUT2D eigenvalue weighted by atomic mass is 10.2. The quantitative estimate of drug-likeness (QED) is 0.668. The Morgan fingerprint density at radius 3 is 2.96 bits per heavy atom.